The van der Waals surface area contributed by atoms with Gasteiger partial charge in [0.25, 0.3) is 0 Å². The molecule has 0 bridgehead atoms. The van der Waals surface area contributed by atoms with E-state index < -0.39 is 0 Å². The quantitative estimate of drug-likeness (QED) is 0.200. The van der Waals surface area contributed by atoms with Crippen molar-refractivity contribution in [3.63, 3.8) is 0 Å². The molecule has 2 heterocycles. The Hall–Kier alpha value is -4.32. The van der Waals surface area contributed by atoms with Crippen LogP contribution in [0.25, 0.3) is 0 Å². The van der Waals surface area contributed by atoms with Crippen LogP contribution in [-0.4, -0.2) is 26.5 Å². The fourth-order valence-corrected chi connectivity index (χ4v) is 3.57. The fourth-order valence-electron chi connectivity index (χ4n) is 3.57. The van der Waals surface area contributed by atoms with Crippen LogP contribution in [0.5, 0.6) is 0 Å². The molecule has 176 valence electrons. The van der Waals surface area contributed by atoms with E-state index in [1.807, 2.05) is 97.2 Å². The number of aromatic nitrogens is 2. The monoisotopic (exact) mass is 464 g/mol. The van der Waals surface area contributed by atoms with Crippen molar-refractivity contribution in [1.82, 2.24) is 0 Å². The second-order valence-corrected chi connectivity index (χ2v) is 8.30. The van der Waals surface area contributed by atoms with E-state index in [-0.39, 0.29) is 0 Å². The van der Waals surface area contributed by atoms with Gasteiger partial charge in [-0.2, -0.15) is 10.2 Å². The van der Waals surface area contributed by atoms with E-state index in [4.69, 9.17) is 0 Å². The molecular formula is C29H32N6+2. The number of aryl methyl sites for hydroxylation is 2. The van der Waals surface area contributed by atoms with Crippen LogP contribution < -0.4 is 19.2 Å². The second-order valence-electron chi connectivity index (χ2n) is 8.30. The number of hydrazone groups is 2. The highest BCUT2D eigenvalue weighted by molar-refractivity contribution is 5.80. The first-order valence-electron chi connectivity index (χ1n) is 11.8. The first-order valence-corrected chi connectivity index (χ1v) is 11.8. The van der Waals surface area contributed by atoms with Crippen molar-refractivity contribution in [1.29, 1.82) is 0 Å². The third-order valence-corrected chi connectivity index (χ3v) is 5.69. The first kappa shape index (κ1) is 23.8. The minimum atomic E-state index is 0.958. The second kappa shape index (κ2) is 12.2. The SMILES string of the molecule is CN(N=Cc1cc[n+](CCC[n+]2ccc(C=NN(C)c3ccccc3)cc2)cc1)c1ccccc1. The fraction of sp³-hybridized carbons (Fsp3) is 0.172. The summed E-state index contributed by atoms with van der Waals surface area (Å²) in [6.07, 6.45) is 13.2. The highest BCUT2D eigenvalue weighted by Gasteiger charge is 2.05. The number of para-hydroxylation sites is 2. The number of hydrogen-bond acceptors (Lipinski definition) is 4. The Morgan fingerprint density at radius 1 is 0.571 bits per heavy atom. The molecule has 0 aliphatic heterocycles. The molecule has 0 atom stereocenters. The summed E-state index contributed by atoms with van der Waals surface area (Å²) < 4.78 is 4.42. The van der Waals surface area contributed by atoms with Gasteiger partial charge in [0.15, 0.2) is 37.9 Å². The van der Waals surface area contributed by atoms with Gasteiger partial charge in [-0.05, 0) is 24.3 Å². The Balaban J connectivity index is 1.22. The predicted molar refractivity (Wildman–Crippen MR) is 143 cm³/mol. The van der Waals surface area contributed by atoms with E-state index in [0.29, 0.717) is 0 Å². The molecule has 0 aliphatic carbocycles. The summed E-state index contributed by atoms with van der Waals surface area (Å²) >= 11 is 0. The van der Waals surface area contributed by atoms with Crippen molar-refractivity contribution >= 4 is 23.8 Å². The Kier molecular flexibility index (Phi) is 8.32. The van der Waals surface area contributed by atoms with Gasteiger partial charge >= 0.3 is 0 Å². The Morgan fingerprint density at radius 2 is 0.943 bits per heavy atom. The van der Waals surface area contributed by atoms with Gasteiger partial charge in [0.05, 0.1) is 30.2 Å². The number of benzene rings is 2. The van der Waals surface area contributed by atoms with Crippen LogP contribution >= 0.6 is 0 Å². The lowest BCUT2D eigenvalue weighted by molar-refractivity contribution is -0.726. The molecule has 2 aromatic carbocycles. The molecule has 0 amide bonds. The number of nitrogens with zero attached hydrogens (tertiary/aromatic N) is 6. The van der Waals surface area contributed by atoms with Crippen molar-refractivity contribution in [3.05, 3.63) is 121 Å². The molecule has 4 rings (SSSR count). The normalized spacial score (nSPS) is 11.3. The summed E-state index contributed by atoms with van der Waals surface area (Å²) in [5.41, 5.74) is 4.28. The Labute approximate surface area is 207 Å². The summed E-state index contributed by atoms with van der Waals surface area (Å²) in [6, 6.07) is 28.6. The summed E-state index contributed by atoms with van der Waals surface area (Å²) in [7, 11) is 3.91. The first-order chi connectivity index (χ1) is 17.2. The number of hydrogen-bond donors (Lipinski definition) is 0. The molecule has 6 heteroatoms. The van der Waals surface area contributed by atoms with E-state index in [0.717, 1.165) is 42.0 Å². The van der Waals surface area contributed by atoms with Crippen molar-refractivity contribution in [2.75, 3.05) is 24.1 Å². The summed E-state index contributed by atoms with van der Waals surface area (Å²) in [4.78, 5) is 0. The lowest BCUT2D eigenvalue weighted by atomic mass is 10.3. The zero-order valence-electron chi connectivity index (χ0n) is 20.4. The van der Waals surface area contributed by atoms with Crippen LogP contribution in [0.1, 0.15) is 17.5 Å². The molecule has 0 fully saturated rings. The van der Waals surface area contributed by atoms with Gasteiger partial charge < -0.3 is 0 Å². The summed E-state index contributed by atoms with van der Waals surface area (Å²) in [5.74, 6) is 0. The van der Waals surface area contributed by atoms with Crippen molar-refractivity contribution in [3.8, 4) is 0 Å². The zero-order valence-corrected chi connectivity index (χ0v) is 20.4. The largest absolute Gasteiger partial charge is 0.269 e. The van der Waals surface area contributed by atoms with Crippen molar-refractivity contribution in [2.24, 2.45) is 10.2 Å². The minimum absolute atomic E-state index is 0.958. The molecule has 0 unspecified atom stereocenters. The highest BCUT2D eigenvalue weighted by Crippen LogP contribution is 2.11. The Bertz CT molecular complexity index is 1120. The van der Waals surface area contributed by atoms with Gasteiger partial charge in [-0.15, -0.1) is 0 Å². The van der Waals surface area contributed by atoms with E-state index in [1.165, 1.54) is 0 Å². The smallest absolute Gasteiger partial charge is 0.169 e. The van der Waals surface area contributed by atoms with Crippen LogP contribution in [0.15, 0.2) is 120 Å². The summed E-state index contributed by atoms with van der Waals surface area (Å²) in [5, 5.41) is 12.8. The average molecular weight is 465 g/mol. The van der Waals surface area contributed by atoms with Crippen molar-refractivity contribution in [2.45, 2.75) is 19.5 Å². The molecule has 0 radical (unpaired) electrons. The average Bonchev–Trinajstić information content (AvgIpc) is 2.93. The molecule has 0 aliphatic rings. The van der Waals surface area contributed by atoms with E-state index >= 15 is 0 Å². The maximum atomic E-state index is 4.53. The van der Waals surface area contributed by atoms with Gasteiger partial charge in [0.2, 0.25) is 0 Å². The van der Waals surface area contributed by atoms with Crippen LogP contribution in [0.2, 0.25) is 0 Å². The highest BCUT2D eigenvalue weighted by atomic mass is 15.4. The van der Waals surface area contributed by atoms with Gasteiger partial charge in [-0.3, -0.25) is 10.0 Å². The maximum absolute atomic E-state index is 4.53. The molecule has 0 N–H and O–H groups in total. The maximum Gasteiger partial charge on any atom is 0.169 e. The summed E-state index contributed by atoms with van der Waals surface area (Å²) in [6.45, 7) is 1.92. The standard InChI is InChI=1S/C29H32N6/c1-32(28-10-5-3-6-11-28)30-24-26-14-20-34(21-15-26)18-9-19-35-22-16-27(17-23-35)25-31-33(2)29-12-7-4-8-13-29/h3-8,10-17,20-25H,9,18-19H2,1-2H3/q+2. The zero-order chi connectivity index (χ0) is 24.3. The Morgan fingerprint density at radius 3 is 1.31 bits per heavy atom. The molecule has 0 spiro atoms. The minimum Gasteiger partial charge on any atom is -0.269 e. The van der Waals surface area contributed by atoms with Crippen LogP contribution in [-0.2, 0) is 13.1 Å². The number of anilines is 2. The molecule has 0 saturated carbocycles. The topological polar surface area (TPSA) is 39.0 Å². The lowest BCUT2D eigenvalue weighted by Crippen LogP contribution is -2.38. The van der Waals surface area contributed by atoms with Crippen LogP contribution in [0.3, 0.4) is 0 Å². The van der Waals surface area contributed by atoms with Crippen molar-refractivity contribution < 1.29 is 9.13 Å². The molecule has 0 saturated heterocycles. The van der Waals surface area contributed by atoms with E-state index in [1.54, 1.807) is 0 Å². The van der Waals surface area contributed by atoms with E-state index in [9.17, 15) is 0 Å². The number of pyridine rings is 2. The lowest BCUT2D eigenvalue weighted by Gasteiger charge is -2.11. The van der Waals surface area contributed by atoms with Gasteiger partial charge in [-0.25, -0.2) is 9.13 Å². The molecular weight excluding hydrogens is 432 g/mol. The number of rotatable bonds is 10. The third kappa shape index (κ3) is 7.33. The van der Waals surface area contributed by atoms with Gasteiger partial charge in [0.1, 0.15) is 0 Å². The van der Waals surface area contributed by atoms with Crippen LogP contribution in [0, 0.1) is 0 Å². The van der Waals surface area contributed by atoms with Gasteiger partial charge in [-0.1, -0.05) is 36.4 Å². The van der Waals surface area contributed by atoms with Gasteiger partial charge in [0, 0.05) is 49.5 Å². The van der Waals surface area contributed by atoms with Crippen LogP contribution in [0.4, 0.5) is 11.4 Å². The molecule has 35 heavy (non-hydrogen) atoms. The predicted octanol–water partition coefficient (Wildman–Crippen LogP) is 4.29. The molecule has 4 aromatic rings. The molecule has 2 aromatic heterocycles. The molecule has 6 nitrogen and oxygen atoms in total. The third-order valence-electron chi connectivity index (χ3n) is 5.69. The van der Waals surface area contributed by atoms with E-state index in [2.05, 4.69) is 68.4 Å².